The van der Waals surface area contributed by atoms with Gasteiger partial charge < -0.3 is 4.74 Å². The van der Waals surface area contributed by atoms with Crippen molar-refractivity contribution in [2.75, 3.05) is 13.1 Å². The van der Waals surface area contributed by atoms with Gasteiger partial charge >= 0.3 is 5.97 Å². The summed E-state index contributed by atoms with van der Waals surface area (Å²) in [7, 11) is 0. The summed E-state index contributed by atoms with van der Waals surface area (Å²) in [5.41, 5.74) is 2.06. The van der Waals surface area contributed by atoms with Gasteiger partial charge in [0.25, 0.3) is 0 Å². The number of pyridine rings is 1. The Morgan fingerprint density at radius 2 is 2.11 bits per heavy atom. The van der Waals surface area contributed by atoms with E-state index in [0.717, 1.165) is 48.8 Å². The first-order valence-electron chi connectivity index (χ1n) is 10.2. The third kappa shape index (κ3) is 3.06. The molecule has 2 bridgehead atoms. The molecule has 4 fully saturated rings. The molecule has 140 valence electrons. The highest BCUT2D eigenvalue weighted by molar-refractivity contribution is 5.83. The SMILES string of the molecule is C=C[C@H]1CN2CC[C@H]1C[C@@H]2[C@H](OC(=O)C1CC1)c1ccnc2ccccc12. The van der Waals surface area contributed by atoms with Crippen molar-refractivity contribution in [1.82, 2.24) is 9.88 Å². The van der Waals surface area contributed by atoms with Crippen LogP contribution in [0.3, 0.4) is 0 Å². The Balaban J connectivity index is 1.53. The third-order valence-electron chi connectivity index (χ3n) is 6.65. The van der Waals surface area contributed by atoms with Gasteiger partial charge in [-0.15, -0.1) is 6.58 Å². The van der Waals surface area contributed by atoms with Gasteiger partial charge in [-0.1, -0.05) is 24.3 Å². The fraction of sp³-hybridized carbons (Fsp3) is 0.478. The van der Waals surface area contributed by atoms with Gasteiger partial charge in [-0.25, -0.2) is 0 Å². The minimum atomic E-state index is -0.223. The number of para-hydroxylation sites is 1. The standard InChI is InChI=1S/C23H26N2O2/c1-2-15-14-25-12-10-17(15)13-21(25)22(27-23(26)16-7-8-16)19-9-11-24-20-6-4-3-5-18(19)20/h2-6,9,11,15-17,21-22H,1,7-8,10,12-14H2/t15-,17-,21+,22+/m0/s1. The van der Waals surface area contributed by atoms with Crippen LogP contribution in [0, 0.1) is 17.8 Å². The number of aromatic nitrogens is 1. The lowest BCUT2D eigenvalue weighted by Gasteiger charge is -2.51. The summed E-state index contributed by atoms with van der Waals surface area (Å²) >= 11 is 0. The maximum Gasteiger partial charge on any atom is 0.309 e. The normalized spacial score (nSPS) is 30.8. The van der Waals surface area contributed by atoms with E-state index in [1.807, 2.05) is 30.5 Å². The number of carbonyl (C=O) groups is 1. The van der Waals surface area contributed by atoms with E-state index in [2.05, 4.69) is 28.6 Å². The first-order valence-corrected chi connectivity index (χ1v) is 10.2. The summed E-state index contributed by atoms with van der Waals surface area (Å²) in [6.07, 6.45) is 7.96. The predicted octanol–water partition coefficient (Wildman–Crippen LogP) is 4.13. The molecule has 0 N–H and O–H groups in total. The Morgan fingerprint density at radius 3 is 2.85 bits per heavy atom. The number of ether oxygens (including phenoxy) is 1. The van der Waals surface area contributed by atoms with Gasteiger partial charge in [-0.2, -0.15) is 0 Å². The first kappa shape index (κ1) is 16.9. The lowest BCUT2D eigenvalue weighted by atomic mass is 9.73. The fourth-order valence-corrected chi connectivity index (χ4v) is 4.95. The molecular weight excluding hydrogens is 336 g/mol. The van der Waals surface area contributed by atoms with Gasteiger partial charge in [0.15, 0.2) is 0 Å². The molecule has 0 radical (unpaired) electrons. The van der Waals surface area contributed by atoms with Gasteiger partial charge in [0, 0.05) is 23.7 Å². The number of benzene rings is 1. The molecule has 1 aliphatic carbocycles. The number of fused-ring (bicyclic) bond motifs is 4. The average molecular weight is 362 g/mol. The molecule has 6 rings (SSSR count). The molecule has 4 heteroatoms. The summed E-state index contributed by atoms with van der Waals surface area (Å²) in [6.45, 7) is 6.14. The maximum atomic E-state index is 12.6. The van der Waals surface area contributed by atoms with E-state index >= 15 is 0 Å². The first-order chi connectivity index (χ1) is 13.2. The van der Waals surface area contributed by atoms with Crippen LogP contribution in [0.4, 0.5) is 0 Å². The third-order valence-corrected chi connectivity index (χ3v) is 6.65. The van der Waals surface area contributed by atoms with Crippen LogP contribution in [0.25, 0.3) is 10.9 Å². The van der Waals surface area contributed by atoms with Crippen LogP contribution in [0.15, 0.2) is 49.2 Å². The summed E-state index contributed by atoms with van der Waals surface area (Å²) in [5, 5.41) is 1.09. The van der Waals surface area contributed by atoms with Crippen LogP contribution in [0.1, 0.15) is 37.4 Å². The van der Waals surface area contributed by atoms with Crippen LogP contribution in [-0.2, 0) is 9.53 Å². The van der Waals surface area contributed by atoms with Crippen LogP contribution in [0.5, 0.6) is 0 Å². The Kier molecular flexibility index (Phi) is 4.24. The minimum Gasteiger partial charge on any atom is -0.456 e. The smallest absolute Gasteiger partial charge is 0.309 e. The highest BCUT2D eigenvalue weighted by Crippen LogP contribution is 2.44. The fourth-order valence-electron chi connectivity index (χ4n) is 4.95. The molecule has 4 heterocycles. The molecule has 1 unspecified atom stereocenters. The number of hydrogen-bond donors (Lipinski definition) is 0. The van der Waals surface area contributed by atoms with E-state index in [0.29, 0.717) is 11.8 Å². The largest absolute Gasteiger partial charge is 0.456 e. The van der Waals surface area contributed by atoms with Crippen molar-refractivity contribution in [1.29, 1.82) is 0 Å². The van der Waals surface area contributed by atoms with Crippen LogP contribution < -0.4 is 0 Å². The Labute approximate surface area is 160 Å². The van der Waals surface area contributed by atoms with Gasteiger partial charge in [0.1, 0.15) is 6.10 Å². The minimum absolute atomic E-state index is 0.0242. The van der Waals surface area contributed by atoms with Crippen molar-refractivity contribution in [3.05, 3.63) is 54.7 Å². The van der Waals surface area contributed by atoms with Crippen molar-refractivity contribution in [2.45, 2.75) is 37.8 Å². The highest BCUT2D eigenvalue weighted by atomic mass is 16.5. The molecule has 0 amide bonds. The van der Waals surface area contributed by atoms with E-state index in [9.17, 15) is 4.79 Å². The number of rotatable bonds is 5. The van der Waals surface area contributed by atoms with Gasteiger partial charge in [0.2, 0.25) is 0 Å². The molecule has 5 atom stereocenters. The lowest BCUT2D eigenvalue weighted by molar-refractivity contribution is -0.158. The van der Waals surface area contributed by atoms with Gasteiger partial charge in [-0.3, -0.25) is 14.7 Å². The van der Waals surface area contributed by atoms with Crippen molar-refractivity contribution in [3.63, 3.8) is 0 Å². The molecule has 2 aromatic rings. The quantitative estimate of drug-likeness (QED) is 0.593. The second-order valence-corrected chi connectivity index (χ2v) is 8.30. The molecule has 27 heavy (non-hydrogen) atoms. The second kappa shape index (κ2) is 6.75. The molecule has 1 aromatic heterocycles. The average Bonchev–Trinajstić information content (AvgIpc) is 3.57. The summed E-state index contributed by atoms with van der Waals surface area (Å²) in [4.78, 5) is 19.6. The molecule has 3 aliphatic heterocycles. The molecule has 1 saturated carbocycles. The molecular formula is C23H26N2O2. The molecule has 0 spiro atoms. The molecule has 1 aromatic carbocycles. The maximum absolute atomic E-state index is 12.6. The Bertz CT molecular complexity index is 870. The monoisotopic (exact) mass is 362 g/mol. The van der Waals surface area contributed by atoms with E-state index in [1.54, 1.807) is 0 Å². The topological polar surface area (TPSA) is 42.4 Å². The lowest BCUT2D eigenvalue weighted by Crippen LogP contribution is -2.55. The van der Waals surface area contributed by atoms with Gasteiger partial charge in [0.05, 0.1) is 17.5 Å². The number of hydrogen-bond acceptors (Lipinski definition) is 4. The summed E-state index contributed by atoms with van der Waals surface area (Å²) in [6, 6.07) is 10.5. The zero-order valence-corrected chi connectivity index (χ0v) is 15.6. The van der Waals surface area contributed by atoms with E-state index < -0.39 is 0 Å². The number of piperidine rings is 3. The highest BCUT2D eigenvalue weighted by Gasteiger charge is 2.45. The summed E-state index contributed by atoms with van der Waals surface area (Å²) < 4.78 is 6.20. The summed E-state index contributed by atoms with van der Waals surface area (Å²) in [5.74, 6) is 1.29. The van der Waals surface area contributed by atoms with Crippen LogP contribution >= 0.6 is 0 Å². The Morgan fingerprint density at radius 1 is 1.26 bits per heavy atom. The van der Waals surface area contributed by atoms with Crippen LogP contribution in [-0.4, -0.2) is 35.0 Å². The predicted molar refractivity (Wildman–Crippen MR) is 105 cm³/mol. The molecule has 3 saturated heterocycles. The Hall–Kier alpha value is -2.20. The molecule has 4 nitrogen and oxygen atoms in total. The second-order valence-electron chi connectivity index (χ2n) is 8.30. The zero-order valence-electron chi connectivity index (χ0n) is 15.6. The number of nitrogens with zero attached hydrogens (tertiary/aromatic N) is 2. The van der Waals surface area contributed by atoms with Crippen molar-refractivity contribution >= 4 is 16.9 Å². The van der Waals surface area contributed by atoms with E-state index in [1.165, 1.54) is 6.42 Å². The van der Waals surface area contributed by atoms with E-state index in [4.69, 9.17) is 4.74 Å². The van der Waals surface area contributed by atoms with Crippen LogP contribution in [0.2, 0.25) is 0 Å². The van der Waals surface area contributed by atoms with Gasteiger partial charge in [-0.05, 0) is 56.2 Å². The van der Waals surface area contributed by atoms with Crippen molar-refractivity contribution < 1.29 is 9.53 Å². The van der Waals surface area contributed by atoms with Crippen molar-refractivity contribution in [3.8, 4) is 0 Å². The number of carbonyl (C=O) groups excluding carboxylic acids is 1. The van der Waals surface area contributed by atoms with E-state index in [-0.39, 0.29) is 24.0 Å². The zero-order chi connectivity index (χ0) is 18.4. The molecule has 4 aliphatic rings. The number of esters is 1. The van der Waals surface area contributed by atoms with Crippen molar-refractivity contribution in [2.24, 2.45) is 17.8 Å².